The summed E-state index contributed by atoms with van der Waals surface area (Å²) in [6.07, 6.45) is 6.89. The minimum absolute atomic E-state index is 0.313. The summed E-state index contributed by atoms with van der Waals surface area (Å²) in [6.45, 7) is 0.985. The molecule has 2 aliphatic carbocycles. The highest BCUT2D eigenvalue weighted by atomic mass is 16.1. The van der Waals surface area contributed by atoms with Crippen LogP contribution in [-0.2, 0) is 6.54 Å². The van der Waals surface area contributed by atoms with Crippen LogP contribution in [0, 0.1) is 0 Å². The standard InChI is InChI=1S/C22H25NO/c24-22-15-14-21(19-12-6-7-13-20(19)22)23(18-10-4-5-11-18)16-17-8-2-1-3-9-17/h1-3,6-9,12-13,18,21H,4-5,10-11,14-16H2. The molecule has 1 saturated carbocycles. The first-order valence-electron chi connectivity index (χ1n) is 9.25. The van der Waals surface area contributed by atoms with Crippen LogP contribution in [0.5, 0.6) is 0 Å². The Morgan fingerprint density at radius 3 is 2.38 bits per heavy atom. The Morgan fingerprint density at radius 1 is 0.875 bits per heavy atom. The molecule has 2 aromatic carbocycles. The second kappa shape index (κ2) is 6.90. The van der Waals surface area contributed by atoms with Crippen LogP contribution in [0.1, 0.15) is 66.1 Å². The van der Waals surface area contributed by atoms with Crippen LogP contribution in [0.2, 0.25) is 0 Å². The van der Waals surface area contributed by atoms with Gasteiger partial charge in [-0.15, -0.1) is 0 Å². The molecule has 0 aromatic heterocycles. The molecule has 0 amide bonds. The lowest BCUT2D eigenvalue weighted by atomic mass is 9.85. The van der Waals surface area contributed by atoms with Crippen molar-refractivity contribution in [2.45, 2.75) is 57.2 Å². The van der Waals surface area contributed by atoms with Gasteiger partial charge in [0.2, 0.25) is 0 Å². The molecule has 0 radical (unpaired) electrons. The number of benzene rings is 2. The Kier molecular flexibility index (Phi) is 4.48. The fourth-order valence-corrected chi connectivity index (χ4v) is 4.47. The third-order valence-electron chi connectivity index (χ3n) is 5.67. The summed E-state index contributed by atoms with van der Waals surface area (Å²) in [5.74, 6) is 0.313. The Labute approximate surface area is 144 Å². The summed E-state index contributed by atoms with van der Waals surface area (Å²) in [5.41, 5.74) is 3.57. The minimum Gasteiger partial charge on any atom is -0.294 e. The van der Waals surface area contributed by atoms with Crippen LogP contribution in [0.3, 0.4) is 0 Å². The van der Waals surface area contributed by atoms with Gasteiger partial charge >= 0.3 is 0 Å². The monoisotopic (exact) mass is 319 g/mol. The second-order valence-electron chi connectivity index (χ2n) is 7.16. The van der Waals surface area contributed by atoms with E-state index >= 15 is 0 Å². The first kappa shape index (κ1) is 15.6. The third kappa shape index (κ3) is 3.03. The molecular formula is C22H25NO. The zero-order chi connectivity index (χ0) is 16.4. The predicted octanol–water partition coefficient (Wildman–Crippen LogP) is 5.15. The van der Waals surface area contributed by atoms with Crippen molar-refractivity contribution in [1.29, 1.82) is 0 Å². The molecule has 0 heterocycles. The average molecular weight is 319 g/mol. The molecule has 2 aliphatic rings. The van der Waals surface area contributed by atoms with Crippen molar-refractivity contribution in [3.8, 4) is 0 Å². The normalized spacial score (nSPS) is 21.2. The highest BCUT2D eigenvalue weighted by Crippen LogP contribution is 2.39. The molecule has 24 heavy (non-hydrogen) atoms. The summed E-state index contributed by atoms with van der Waals surface area (Å²) >= 11 is 0. The molecule has 0 N–H and O–H groups in total. The number of Topliss-reactive ketones (excluding diaryl/α,β-unsaturated/α-hetero) is 1. The third-order valence-corrected chi connectivity index (χ3v) is 5.67. The summed E-state index contributed by atoms with van der Waals surface area (Å²) in [4.78, 5) is 15.0. The van der Waals surface area contributed by atoms with Crippen molar-refractivity contribution in [1.82, 2.24) is 4.90 Å². The van der Waals surface area contributed by atoms with Crippen molar-refractivity contribution in [3.63, 3.8) is 0 Å². The fourth-order valence-electron chi connectivity index (χ4n) is 4.47. The lowest BCUT2D eigenvalue weighted by molar-refractivity contribution is 0.0856. The highest BCUT2D eigenvalue weighted by molar-refractivity contribution is 5.98. The number of hydrogen-bond donors (Lipinski definition) is 0. The van der Waals surface area contributed by atoms with Gasteiger partial charge in [0.1, 0.15) is 0 Å². The highest BCUT2D eigenvalue weighted by Gasteiger charge is 2.34. The Morgan fingerprint density at radius 2 is 1.58 bits per heavy atom. The summed E-state index contributed by atoms with van der Waals surface area (Å²) in [6, 6.07) is 20.1. The van der Waals surface area contributed by atoms with Crippen LogP contribution in [0.15, 0.2) is 54.6 Å². The van der Waals surface area contributed by atoms with E-state index in [2.05, 4.69) is 47.4 Å². The van der Waals surface area contributed by atoms with Crippen molar-refractivity contribution in [2.75, 3.05) is 0 Å². The van der Waals surface area contributed by atoms with Gasteiger partial charge in [0.05, 0.1) is 0 Å². The molecule has 0 bridgehead atoms. The zero-order valence-corrected chi connectivity index (χ0v) is 14.2. The average Bonchev–Trinajstić information content (AvgIpc) is 3.16. The number of carbonyl (C=O) groups excluding carboxylic acids is 1. The number of fused-ring (bicyclic) bond motifs is 1. The number of carbonyl (C=O) groups is 1. The zero-order valence-electron chi connectivity index (χ0n) is 14.2. The van der Waals surface area contributed by atoms with E-state index in [1.165, 1.54) is 36.8 Å². The SMILES string of the molecule is O=C1CCC(N(Cc2ccccc2)C2CCCC2)c2ccccc21. The van der Waals surface area contributed by atoms with Crippen LogP contribution in [0.4, 0.5) is 0 Å². The van der Waals surface area contributed by atoms with Gasteiger partial charge in [0.15, 0.2) is 5.78 Å². The molecule has 2 aromatic rings. The molecule has 1 fully saturated rings. The molecule has 1 atom stereocenters. The van der Waals surface area contributed by atoms with Gasteiger partial charge in [-0.05, 0) is 30.4 Å². The van der Waals surface area contributed by atoms with E-state index in [-0.39, 0.29) is 0 Å². The maximum absolute atomic E-state index is 12.3. The topological polar surface area (TPSA) is 20.3 Å². The van der Waals surface area contributed by atoms with E-state index in [9.17, 15) is 4.79 Å². The van der Waals surface area contributed by atoms with Crippen LogP contribution >= 0.6 is 0 Å². The molecule has 0 saturated heterocycles. The van der Waals surface area contributed by atoms with Gasteiger partial charge in [-0.25, -0.2) is 0 Å². The van der Waals surface area contributed by atoms with Gasteiger partial charge in [0, 0.05) is 30.6 Å². The molecule has 0 spiro atoms. The van der Waals surface area contributed by atoms with E-state index in [1.807, 2.05) is 12.1 Å². The minimum atomic E-state index is 0.313. The van der Waals surface area contributed by atoms with E-state index in [1.54, 1.807) is 0 Å². The summed E-state index contributed by atoms with van der Waals surface area (Å²) < 4.78 is 0. The molecule has 2 nitrogen and oxygen atoms in total. The van der Waals surface area contributed by atoms with Crippen molar-refractivity contribution >= 4 is 5.78 Å². The number of hydrogen-bond acceptors (Lipinski definition) is 2. The second-order valence-corrected chi connectivity index (χ2v) is 7.16. The van der Waals surface area contributed by atoms with E-state index in [0.29, 0.717) is 24.3 Å². The van der Waals surface area contributed by atoms with Gasteiger partial charge in [-0.1, -0.05) is 67.4 Å². The van der Waals surface area contributed by atoms with Gasteiger partial charge in [-0.3, -0.25) is 9.69 Å². The predicted molar refractivity (Wildman–Crippen MR) is 97.0 cm³/mol. The number of rotatable bonds is 4. The van der Waals surface area contributed by atoms with E-state index < -0.39 is 0 Å². The Balaban J connectivity index is 1.68. The number of ketones is 1. The lowest BCUT2D eigenvalue weighted by Gasteiger charge is -2.39. The van der Waals surface area contributed by atoms with Gasteiger partial charge < -0.3 is 0 Å². The fraction of sp³-hybridized carbons (Fsp3) is 0.409. The molecule has 124 valence electrons. The van der Waals surface area contributed by atoms with Crippen LogP contribution in [0.25, 0.3) is 0 Å². The molecule has 1 unspecified atom stereocenters. The molecule has 0 aliphatic heterocycles. The molecule has 4 rings (SSSR count). The smallest absolute Gasteiger partial charge is 0.163 e. The van der Waals surface area contributed by atoms with Crippen molar-refractivity contribution in [3.05, 3.63) is 71.3 Å². The van der Waals surface area contributed by atoms with Crippen molar-refractivity contribution in [2.24, 2.45) is 0 Å². The first-order chi connectivity index (χ1) is 11.8. The lowest BCUT2D eigenvalue weighted by Crippen LogP contribution is -2.38. The van der Waals surface area contributed by atoms with E-state index in [4.69, 9.17) is 0 Å². The van der Waals surface area contributed by atoms with E-state index in [0.717, 1.165) is 18.5 Å². The van der Waals surface area contributed by atoms with Crippen LogP contribution < -0.4 is 0 Å². The Hall–Kier alpha value is -1.93. The van der Waals surface area contributed by atoms with Crippen molar-refractivity contribution < 1.29 is 4.79 Å². The quantitative estimate of drug-likeness (QED) is 0.777. The number of nitrogens with zero attached hydrogens (tertiary/aromatic N) is 1. The maximum Gasteiger partial charge on any atom is 0.163 e. The summed E-state index contributed by atoms with van der Waals surface area (Å²) in [7, 11) is 0. The van der Waals surface area contributed by atoms with Gasteiger partial charge in [-0.2, -0.15) is 0 Å². The maximum atomic E-state index is 12.3. The van der Waals surface area contributed by atoms with Crippen LogP contribution in [-0.4, -0.2) is 16.7 Å². The summed E-state index contributed by atoms with van der Waals surface area (Å²) in [5, 5.41) is 0. The molecular weight excluding hydrogens is 294 g/mol. The molecule has 2 heteroatoms. The largest absolute Gasteiger partial charge is 0.294 e. The van der Waals surface area contributed by atoms with Gasteiger partial charge in [0.25, 0.3) is 0 Å². The Bertz CT molecular complexity index is 703. The first-order valence-corrected chi connectivity index (χ1v) is 9.25.